The first-order valence-corrected chi connectivity index (χ1v) is 10.7. The Morgan fingerprint density at radius 1 is 1.10 bits per heavy atom. The van der Waals surface area contributed by atoms with Gasteiger partial charge in [0.15, 0.2) is 0 Å². The molecule has 2 rings (SSSR count). The quantitative estimate of drug-likeness (QED) is 0.599. The Labute approximate surface area is 176 Å². The van der Waals surface area contributed by atoms with Crippen molar-refractivity contribution in [3.63, 3.8) is 0 Å². The molecule has 160 valence electrons. The monoisotopic (exact) mass is 398 g/mol. The molecule has 0 aliphatic rings. The molecule has 4 nitrogen and oxygen atoms in total. The molecule has 3 atom stereocenters. The van der Waals surface area contributed by atoms with E-state index < -0.39 is 0 Å². The fourth-order valence-electron chi connectivity index (χ4n) is 4.01. The van der Waals surface area contributed by atoms with Crippen LogP contribution < -0.4 is 5.56 Å². The summed E-state index contributed by atoms with van der Waals surface area (Å²) in [6.07, 6.45) is 4.27. The lowest BCUT2D eigenvalue weighted by atomic mass is 9.77. The second-order valence-corrected chi connectivity index (χ2v) is 8.87. The fraction of sp³-hybridized carbons (Fsp3) is 0.560. The van der Waals surface area contributed by atoms with E-state index in [0.717, 1.165) is 24.1 Å². The van der Waals surface area contributed by atoms with E-state index in [1.165, 1.54) is 5.56 Å². The van der Waals surface area contributed by atoms with Crippen LogP contribution in [0.1, 0.15) is 58.6 Å². The molecular formula is C25H38N2O2. The molecule has 1 aromatic carbocycles. The van der Waals surface area contributed by atoms with Gasteiger partial charge in [-0.05, 0) is 63.9 Å². The molecule has 1 aromatic heterocycles. The van der Waals surface area contributed by atoms with Crippen LogP contribution in [0.15, 0.2) is 47.4 Å². The van der Waals surface area contributed by atoms with Crippen molar-refractivity contribution in [2.45, 2.75) is 78.0 Å². The standard InChI is InChI=1S/C25H38N2O2/c1-9-22(16-19(3)29-8)26(7)20(4)25(5,6)21-11-13-23(14-12-21)27-17-18(2)10-15-24(27)28/h10-15,17,19-20,22H,9,16H2,1-8H3. The number of hydrogen-bond donors (Lipinski definition) is 0. The van der Waals surface area contributed by atoms with Crippen LogP contribution in [0.4, 0.5) is 0 Å². The van der Waals surface area contributed by atoms with Crippen LogP contribution in [-0.4, -0.2) is 41.8 Å². The van der Waals surface area contributed by atoms with Gasteiger partial charge in [-0.2, -0.15) is 0 Å². The number of rotatable bonds is 9. The normalized spacial score (nSPS) is 15.3. The largest absolute Gasteiger partial charge is 0.382 e. The Bertz CT molecular complexity index is 839. The van der Waals surface area contributed by atoms with Crippen LogP contribution in [0, 0.1) is 6.92 Å². The van der Waals surface area contributed by atoms with Crippen LogP contribution in [-0.2, 0) is 10.2 Å². The van der Waals surface area contributed by atoms with Crippen molar-refractivity contribution in [3.8, 4) is 5.69 Å². The van der Waals surface area contributed by atoms with Gasteiger partial charge >= 0.3 is 0 Å². The average Bonchev–Trinajstić information content (AvgIpc) is 2.72. The van der Waals surface area contributed by atoms with Gasteiger partial charge in [-0.25, -0.2) is 0 Å². The minimum Gasteiger partial charge on any atom is -0.382 e. The van der Waals surface area contributed by atoms with E-state index in [0.29, 0.717) is 12.1 Å². The summed E-state index contributed by atoms with van der Waals surface area (Å²) in [5.74, 6) is 0. The minimum absolute atomic E-state index is 0.00578. The molecule has 0 N–H and O–H groups in total. The van der Waals surface area contributed by atoms with Crippen molar-refractivity contribution in [1.82, 2.24) is 9.47 Å². The molecule has 2 aromatic rings. The molecule has 0 saturated carbocycles. The minimum atomic E-state index is -0.0332. The molecule has 0 aliphatic carbocycles. The first-order valence-electron chi connectivity index (χ1n) is 10.7. The topological polar surface area (TPSA) is 34.5 Å². The molecule has 0 fully saturated rings. The van der Waals surface area contributed by atoms with E-state index in [1.54, 1.807) is 17.7 Å². The highest BCUT2D eigenvalue weighted by Gasteiger charge is 2.33. The summed E-state index contributed by atoms with van der Waals surface area (Å²) in [5, 5.41) is 0. The Hall–Kier alpha value is -1.91. The molecule has 3 unspecified atom stereocenters. The zero-order valence-electron chi connectivity index (χ0n) is 19.4. The van der Waals surface area contributed by atoms with Crippen molar-refractivity contribution in [2.75, 3.05) is 14.2 Å². The summed E-state index contributed by atoms with van der Waals surface area (Å²) in [7, 11) is 4.01. The first-order chi connectivity index (χ1) is 13.6. The van der Waals surface area contributed by atoms with Gasteiger partial charge in [-0.1, -0.05) is 39.0 Å². The highest BCUT2D eigenvalue weighted by Crippen LogP contribution is 2.32. The second-order valence-electron chi connectivity index (χ2n) is 8.87. The van der Waals surface area contributed by atoms with Gasteiger partial charge in [-0.15, -0.1) is 0 Å². The van der Waals surface area contributed by atoms with Crippen LogP contribution in [0.25, 0.3) is 5.69 Å². The molecule has 4 heteroatoms. The molecule has 0 bridgehead atoms. The van der Waals surface area contributed by atoms with Gasteiger partial charge in [-0.3, -0.25) is 14.3 Å². The van der Waals surface area contributed by atoms with E-state index in [9.17, 15) is 4.79 Å². The number of likely N-dealkylation sites (N-methyl/N-ethyl adjacent to an activating group) is 1. The summed E-state index contributed by atoms with van der Waals surface area (Å²) in [5.41, 5.74) is 3.21. The van der Waals surface area contributed by atoms with E-state index in [1.807, 2.05) is 19.2 Å². The van der Waals surface area contributed by atoms with E-state index in [-0.39, 0.29) is 17.1 Å². The Morgan fingerprint density at radius 2 is 1.72 bits per heavy atom. The van der Waals surface area contributed by atoms with E-state index in [2.05, 4.69) is 70.8 Å². The Kier molecular flexibility index (Phi) is 7.84. The number of methoxy groups -OCH3 is 1. The lowest BCUT2D eigenvalue weighted by Crippen LogP contribution is -2.49. The van der Waals surface area contributed by atoms with Gasteiger partial charge in [0.25, 0.3) is 5.56 Å². The lowest BCUT2D eigenvalue weighted by molar-refractivity contribution is 0.0542. The van der Waals surface area contributed by atoms with Gasteiger partial charge < -0.3 is 4.74 Å². The molecule has 0 aliphatic heterocycles. The van der Waals surface area contributed by atoms with Gasteiger partial charge in [0.2, 0.25) is 0 Å². The fourth-order valence-corrected chi connectivity index (χ4v) is 4.01. The zero-order chi connectivity index (χ0) is 21.8. The SMILES string of the molecule is CCC(CC(C)OC)N(C)C(C)C(C)(C)c1ccc(-n2cc(C)ccc2=O)cc1. The summed E-state index contributed by atoms with van der Waals surface area (Å²) in [6, 6.07) is 12.7. The maximum atomic E-state index is 12.2. The number of benzene rings is 1. The maximum Gasteiger partial charge on any atom is 0.255 e. The number of aromatic nitrogens is 1. The predicted molar refractivity (Wildman–Crippen MR) is 122 cm³/mol. The number of hydrogen-bond acceptors (Lipinski definition) is 3. The average molecular weight is 399 g/mol. The van der Waals surface area contributed by atoms with Crippen molar-refractivity contribution < 1.29 is 4.74 Å². The third-order valence-electron chi connectivity index (χ3n) is 6.66. The maximum absolute atomic E-state index is 12.2. The molecule has 0 radical (unpaired) electrons. The molecule has 1 heterocycles. The molecule has 0 amide bonds. The van der Waals surface area contributed by atoms with Crippen molar-refractivity contribution >= 4 is 0 Å². The third-order valence-corrected chi connectivity index (χ3v) is 6.66. The highest BCUT2D eigenvalue weighted by molar-refractivity contribution is 5.38. The number of aryl methyl sites for hydroxylation is 1. The summed E-state index contributed by atoms with van der Waals surface area (Å²) < 4.78 is 7.21. The zero-order valence-corrected chi connectivity index (χ0v) is 19.4. The van der Waals surface area contributed by atoms with Crippen molar-refractivity contribution in [1.29, 1.82) is 0 Å². The smallest absolute Gasteiger partial charge is 0.255 e. The van der Waals surface area contributed by atoms with Crippen LogP contribution >= 0.6 is 0 Å². The summed E-state index contributed by atoms with van der Waals surface area (Å²) >= 11 is 0. The van der Waals surface area contributed by atoms with Crippen LogP contribution in [0.2, 0.25) is 0 Å². The predicted octanol–water partition coefficient (Wildman–Crippen LogP) is 4.95. The summed E-state index contributed by atoms with van der Waals surface area (Å²) in [6.45, 7) is 13.3. The van der Waals surface area contributed by atoms with Crippen molar-refractivity contribution in [2.24, 2.45) is 0 Å². The summed E-state index contributed by atoms with van der Waals surface area (Å²) in [4.78, 5) is 14.7. The number of ether oxygens (including phenoxy) is 1. The molecular weight excluding hydrogens is 360 g/mol. The van der Waals surface area contributed by atoms with Gasteiger partial charge in [0.1, 0.15) is 0 Å². The Morgan fingerprint density at radius 3 is 2.28 bits per heavy atom. The van der Waals surface area contributed by atoms with Gasteiger partial charge in [0.05, 0.1) is 6.10 Å². The highest BCUT2D eigenvalue weighted by atomic mass is 16.5. The van der Waals surface area contributed by atoms with E-state index in [4.69, 9.17) is 4.74 Å². The van der Waals surface area contributed by atoms with E-state index >= 15 is 0 Å². The van der Waals surface area contributed by atoms with Gasteiger partial charge in [0, 0.05) is 42.6 Å². The number of pyridine rings is 1. The Balaban J connectivity index is 2.25. The first kappa shape index (κ1) is 23.4. The van der Waals surface area contributed by atoms with Crippen molar-refractivity contribution in [3.05, 3.63) is 64.1 Å². The second kappa shape index (κ2) is 9.73. The number of nitrogens with zero attached hydrogens (tertiary/aromatic N) is 2. The molecule has 0 saturated heterocycles. The molecule has 29 heavy (non-hydrogen) atoms. The molecule has 0 spiro atoms. The third kappa shape index (κ3) is 5.37. The van der Waals surface area contributed by atoms with Crippen LogP contribution in [0.5, 0.6) is 0 Å². The van der Waals surface area contributed by atoms with Crippen LogP contribution in [0.3, 0.4) is 0 Å². The lowest BCUT2D eigenvalue weighted by Gasteiger charge is -2.43.